The average molecular weight is 352 g/mol. The van der Waals surface area contributed by atoms with E-state index >= 15 is 0 Å². The van der Waals surface area contributed by atoms with E-state index in [1.807, 2.05) is 0 Å². The van der Waals surface area contributed by atoms with Gasteiger partial charge >= 0.3 is 4.87 Å². The second-order valence-corrected chi connectivity index (χ2v) is 7.09. The topological polar surface area (TPSA) is 105 Å². The zero-order valence-corrected chi connectivity index (χ0v) is 12.9. The second kappa shape index (κ2) is 6.24. The molecule has 2 aromatic rings. The van der Waals surface area contributed by atoms with E-state index in [0.29, 0.717) is 5.69 Å². The van der Waals surface area contributed by atoms with E-state index in [0.717, 1.165) is 17.4 Å². The molecule has 4 N–H and O–H groups in total. The molecule has 114 valence electrons. The lowest BCUT2D eigenvalue weighted by Crippen LogP contribution is -2.25. The minimum Gasteiger partial charge on any atom is -0.326 e. The van der Waals surface area contributed by atoms with Crippen molar-refractivity contribution in [3.05, 3.63) is 49.3 Å². The first-order valence-electron chi connectivity index (χ1n) is 5.68. The average Bonchev–Trinajstić information content (AvgIpc) is 2.84. The molecule has 1 aromatic carbocycles. The monoisotopic (exact) mass is 351 g/mol. The summed E-state index contributed by atoms with van der Waals surface area (Å²) in [6.07, 6.45) is 0. The molecule has 6 nitrogen and oxygen atoms in total. The van der Waals surface area contributed by atoms with Crippen molar-refractivity contribution < 1.29 is 12.8 Å². The van der Waals surface area contributed by atoms with Crippen LogP contribution in [-0.4, -0.2) is 13.4 Å². The number of thiazole rings is 1. The van der Waals surface area contributed by atoms with Gasteiger partial charge in [0.15, 0.2) is 0 Å². The number of aromatic nitrogens is 1. The highest BCUT2D eigenvalue weighted by Gasteiger charge is 2.22. The molecule has 0 aliphatic heterocycles. The summed E-state index contributed by atoms with van der Waals surface area (Å²) < 4.78 is 40.5. The van der Waals surface area contributed by atoms with E-state index < -0.39 is 20.7 Å². The Hall–Kier alpha value is -1.26. The van der Waals surface area contributed by atoms with Crippen molar-refractivity contribution in [3.8, 4) is 0 Å². The molecule has 0 unspecified atom stereocenters. The normalized spacial score (nSPS) is 11.8. The summed E-state index contributed by atoms with van der Waals surface area (Å²) in [5.74, 6) is -0.937. The van der Waals surface area contributed by atoms with Gasteiger partial charge in [0.1, 0.15) is 10.7 Å². The number of rotatable bonds is 5. The van der Waals surface area contributed by atoms with Gasteiger partial charge in [0, 0.05) is 28.2 Å². The number of nitrogens with two attached hydrogens (primary N) is 1. The molecule has 0 aliphatic carbocycles. The van der Waals surface area contributed by atoms with Crippen LogP contribution in [0.25, 0.3) is 0 Å². The fourth-order valence-corrected chi connectivity index (χ4v) is 3.65. The lowest BCUT2D eigenvalue weighted by atomic mass is 10.2. The van der Waals surface area contributed by atoms with E-state index in [1.165, 1.54) is 11.4 Å². The summed E-state index contributed by atoms with van der Waals surface area (Å²) in [6.45, 7) is -0.336. The number of sulfonamides is 1. The Morgan fingerprint density at radius 1 is 1.43 bits per heavy atom. The van der Waals surface area contributed by atoms with Gasteiger partial charge in [0.05, 0.1) is 6.54 Å². The van der Waals surface area contributed by atoms with E-state index in [4.69, 9.17) is 17.3 Å². The molecule has 0 saturated carbocycles. The highest BCUT2D eigenvalue weighted by Crippen LogP contribution is 2.23. The van der Waals surface area contributed by atoms with Crippen LogP contribution in [-0.2, 0) is 23.1 Å². The van der Waals surface area contributed by atoms with Gasteiger partial charge in [-0.1, -0.05) is 22.9 Å². The van der Waals surface area contributed by atoms with Crippen LogP contribution in [0, 0.1) is 5.82 Å². The summed E-state index contributed by atoms with van der Waals surface area (Å²) in [5.41, 5.74) is 5.74. The van der Waals surface area contributed by atoms with Crippen molar-refractivity contribution in [3.63, 3.8) is 0 Å². The van der Waals surface area contributed by atoms with E-state index in [-0.39, 0.29) is 28.5 Å². The van der Waals surface area contributed by atoms with Crippen LogP contribution in [0.1, 0.15) is 11.3 Å². The number of hydrogen-bond acceptors (Lipinski definition) is 5. The highest BCUT2D eigenvalue weighted by atomic mass is 35.5. The molecule has 0 bridgehead atoms. The molecular weight excluding hydrogens is 341 g/mol. The maximum Gasteiger partial charge on any atom is 0.304 e. The first-order valence-corrected chi connectivity index (χ1v) is 8.42. The van der Waals surface area contributed by atoms with Crippen LogP contribution in [0.2, 0.25) is 5.02 Å². The van der Waals surface area contributed by atoms with Crippen LogP contribution in [0.15, 0.2) is 27.2 Å². The maximum absolute atomic E-state index is 14.1. The van der Waals surface area contributed by atoms with Crippen molar-refractivity contribution in [2.75, 3.05) is 0 Å². The molecule has 21 heavy (non-hydrogen) atoms. The SMILES string of the molecule is NCc1cc(Cl)cc(S(=O)(=O)NCc2csc(=O)[nH]2)c1F. The molecule has 0 radical (unpaired) electrons. The number of H-pyrrole nitrogens is 1. The Balaban J connectivity index is 2.31. The highest BCUT2D eigenvalue weighted by molar-refractivity contribution is 7.89. The van der Waals surface area contributed by atoms with Crippen molar-refractivity contribution in [1.29, 1.82) is 0 Å². The van der Waals surface area contributed by atoms with E-state index in [9.17, 15) is 17.6 Å². The summed E-state index contributed by atoms with van der Waals surface area (Å²) in [4.78, 5) is 12.5. The van der Waals surface area contributed by atoms with Gasteiger partial charge in [-0.25, -0.2) is 17.5 Å². The Kier molecular flexibility index (Phi) is 4.79. The maximum atomic E-state index is 14.1. The molecular formula is C11H11ClFN3O3S2. The quantitative estimate of drug-likeness (QED) is 0.751. The molecule has 1 heterocycles. The first kappa shape index (κ1) is 16.1. The van der Waals surface area contributed by atoms with Crippen LogP contribution >= 0.6 is 22.9 Å². The molecule has 0 aliphatic rings. The molecule has 0 saturated heterocycles. The lowest BCUT2D eigenvalue weighted by Gasteiger charge is -2.10. The summed E-state index contributed by atoms with van der Waals surface area (Å²) in [6, 6.07) is 2.28. The van der Waals surface area contributed by atoms with Gasteiger partial charge < -0.3 is 10.7 Å². The molecule has 0 atom stereocenters. The zero-order valence-electron chi connectivity index (χ0n) is 10.5. The van der Waals surface area contributed by atoms with Crippen molar-refractivity contribution in [1.82, 2.24) is 9.71 Å². The van der Waals surface area contributed by atoms with Gasteiger partial charge in [0.2, 0.25) is 10.0 Å². The predicted molar refractivity (Wildman–Crippen MR) is 78.3 cm³/mol. The summed E-state index contributed by atoms with van der Waals surface area (Å²) in [7, 11) is -4.12. The molecule has 0 spiro atoms. The third kappa shape index (κ3) is 3.69. The first-order chi connectivity index (χ1) is 9.83. The van der Waals surface area contributed by atoms with Crippen LogP contribution in [0.5, 0.6) is 0 Å². The Labute approximate surface area is 128 Å². The molecule has 2 rings (SSSR count). The fraction of sp³-hybridized carbons (Fsp3) is 0.182. The van der Waals surface area contributed by atoms with Crippen molar-refractivity contribution >= 4 is 33.0 Å². The third-order valence-corrected chi connectivity index (χ3v) is 4.95. The van der Waals surface area contributed by atoms with E-state index in [2.05, 4.69) is 9.71 Å². The smallest absolute Gasteiger partial charge is 0.304 e. The minimum absolute atomic E-state index is 0.00631. The predicted octanol–water partition coefficient (Wildman–Crippen LogP) is 1.17. The largest absolute Gasteiger partial charge is 0.326 e. The summed E-state index contributed by atoms with van der Waals surface area (Å²) >= 11 is 6.67. The van der Waals surface area contributed by atoms with Crippen molar-refractivity contribution in [2.24, 2.45) is 5.73 Å². The number of hydrogen-bond donors (Lipinski definition) is 3. The zero-order chi connectivity index (χ0) is 15.6. The Morgan fingerprint density at radius 3 is 2.71 bits per heavy atom. The lowest BCUT2D eigenvalue weighted by molar-refractivity contribution is 0.549. The number of benzene rings is 1. The fourth-order valence-electron chi connectivity index (χ4n) is 1.61. The summed E-state index contributed by atoms with van der Waals surface area (Å²) in [5, 5.41) is 1.55. The van der Waals surface area contributed by atoms with Gasteiger partial charge in [0.25, 0.3) is 0 Å². The standard InChI is InChI=1S/C11H11ClFN3O3S2/c12-7-1-6(3-14)10(13)9(2-7)21(18,19)15-4-8-5-20-11(17)16-8/h1-2,5,15H,3-4,14H2,(H,16,17). The van der Waals surface area contributed by atoms with Gasteiger partial charge in [-0.2, -0.15) is 0 Å². The number of nitrogens with one attached hydrogen (secondary N) is 2. The Morgan fingerprint density at radius 2 is 2.14 bits per heavy atom. The van der Waals surface area contributed by atoms with E-state index in [1.54, 1.807) is 0 Å². The van der Waals surface area contributed by atoms with Crippen LogP contribution < -0.4 is 15.3 Å². The van der Waals surface area contributed by atoms with Gasteiger partial charge in [-0.3, -0.25) is 4.79 Å². The van der Waals surface area contributed by atoms with Gasteiger partial charge in [-0.15, -0.1) is 0 Å². The second-order valence-electron chi connectivity index (χ2n) is 4.08. The van der Waals surface area contributed by atoms with Crippen molar-refractivity contribution in [2.45, 2.75) is 18.0 Å². The molecule has 0 fully saturated rings. The molecule has 10 heteroatoms. The van der Waals surface area contributed by atoms with Gasteiger partial charge in [-0.05, 0) is 12.1 Å². The molecule has 0 amide bonds. The molecule has 1 aromatic heterocycles. The number of aromatic amines is 1. The Bertz CT molecular complexity index is 816. The number of halogens is 2. The third-order valence-electron chi connectivity index (χ3n) is 2.61. The van der Waals surface area contributed by atoms with Crippen LogP contribution in [0.3, 0.4) is 0 Å². The minimum atomic E-state index is -4.12. The van der Waals surface area contributed by atoms with Crippen LogP contribution in [0.4, 0.5) is 4.39 Å².